The van der Waals surface area contributed by atoms with E-state index in [0.717, 1.165) is 5.56 Å². The fourth-order valence-electron chi connectivity index (χ4n) is 2.82. The Morgan fingerprint density at radius 1 is 1.11 bits per heavy atom. The first kappa shape index (κ1) is 19.5. The Morgan fingerprint density at radius 2 is 1.85 bits per heavy atom. The van der Waals surface area contributed by atoms with E-state index in [0.29, 0.717) is 18.7 Å². The summed E-state index contributed by atoms with van der Waals surface area (Å²) in [5, 5.41) is 3.89. The van der Waals surface area contributed by atoms with Gasteiger partial charge in [-0.1, -0.05) is 12.1 Å². The highest BCUT2D eigenvalue weighted by Gasteiger charge is 2.29. The summed E-state index contributed by atoms with van der Waals surface area (Å²) in [6.07, 6.45) is 3.28. The predicted octanol–water partition coefficient (Wildman–Crippen LogP) is 2.50. The third kappa shape index (κ3) is 4.52. The molecule has 0 radical (unpaired) electrons. The van der Waals surface area contributed by atoms with Crippen LogP contribution in [-0.4, -0.2) is 55.5 Å². The van der Waals surface area contributed by atoms with E-state index < -0.39 is 10.0 Å². The maximum Gasteiger partial charge on any atom is 0.246 e. The number of piperazine rings is 1. The van der Waals surface area contributed by atoms with Crippen LogP contribution in [0.4, 0.5) is 0 Å². The van der Waals surface area contributed by atoms with Crippen molar-refractivity contribution in [1.82, 2.24) is 9.21 Å². The molecule has 1 aromatic heterocycles. The van der Waals surface area contributed by atoms with Crippen LogP contribution in [0.2, 0.25) is 0 Å². The van der Waals surface area contributed by atoms with Crippen LogP contribution < -0.4 is 0 Å². The van der Waals surface area contributed by atoms with Gasteiger partial charge >= 0.3 is 0 Å². The second-order valence-electron chi connectivity index (χ2n) is 6.20. The third-order valence-corrected chi connectivity index (χ3v) is 6.99. The number of amides is 1. The number of ketones is 1. The number of Topliss-reactive ketones (excluding diaryl/α,β-unsaturated/α-hetero) is 1. The van der Waals surface area contributed by atoms with E-state index in [-0.39, 0.29) is 29.7 Å². The summed E-state index contributed by atoms with van der Waals surface area (Å²) in [7, 11) is -3.69. The molecule has 1 aromatic carbocycles. The molecule has 0 saturated carbocycles. The molecule has 0 bridgehead atoms. The van der Waals surface area contributed by atoms with Gasteiger partial charge in [0.1, 0.15) is 0 Å². The lowest BCUT2D eigenvalue weighted by atomic mass is 10.2. The average molecular weight is 405 g/mol. The van der Waals surface area contributed by atoms with Gasteiger partial charge in [0.25, 0.3) is 0 Å². The standard InChI is InChI=1S/C19H20N2O4S2/c1-15(22)17-3-2-4-18(13-17)27(24,25)21-10-8-20(9-11-21)19(23)6-5-16-7-12-26-14-16/h2-7,12-14H,8-11H2,1H3. The molecule has 0 spiro atoms. The Kier molecular flexibility index (Phi) is 5.88. The van der Waals surface area contributed by atoms with Crippen molar-refractivity contribution in [3.8, 4) is 0 Å². The average Bonchev–Trinajstić information content (AvgIpc) is 3.20. The van der Waals surface area contributed by atoms with E-state index in [4.69, 9.17) is 0 Å². The molecule has 1 fully saturated rings. The first-order valence-corrected chi connectivity index (χ1v) is 10.9. The van der Waals surface area contributed by atoms with Crippen LogP contribution in [0.15, 0.2) is 52.1 Å². The molecule has 3 rings (SSSR count). The molecule has 1 saturated heterocycles. The molecule has 0 N–H and O–H groups in total. The van der Waals surface area contributed by atoms with Crippen molar-refractivity contribution in [3.63, 3.8) is 0 Å². The van der Waals surface area contributed by atoms with Gasteiger partial charge in [0.05, 0.1) is 4.90 Å². The summed E-state index contributed by atoms with van der Waals surface area (Å²) in [6.45, 7) is 2.52. The molecule has 1 aliphatic heterocycles. The summed E-state index contributed by atoms with van der Waals surface area (Å²) in [4.78, 5) is 25.5. The maximum absolute atomic E-state index is 12.8. The molecular formula is C19H20N2O4S2. The molecule has 8 heteroatoms. The zero-order chi connectivity index (χ0) is 19.4. The normalized spacial score (nSPS) is 16.0. The molecule has 27 heavy (non-hydrogen) atoms. The fourth-order valence-corrected chi connectivity index (χ4v) is 4.91. The Balaban J connectivity index is 1.65. The summed E-state index contributed by atoms with van der Waals surface area (Å²) in [6, 6.07) is 7.98. The molecule has 6 nitrogen and oxygen atoms in total. The minimum absolute atomic E-state index is 0.104. The molecule has 142 valence electrons. The molecule has 0 aliphatic carbocycles. The van der Waals surface area contributed by atoms with Crippen molar-refractivity contribution in [1.29, 1.82) is 0 Å². The van der Waals surface area contributed by atoms with E-state index in [1.54, 1.807) is 34.4 Å². The highest BCUT2D eigenvalue weighted by molar-refractivity contribution is 7.89. The van der Waals surface area contributed by atoms with E-state index in [2.05, 4.69) is 0 Å². The van der Waals surface area contributed by atoms with Gasteiger partial charge in [-0.3, -0.25) is 9.59 Å². The highest BCUT2D eigenvalue weighted by Crippen LogP contribution is 2.19. The quantitative estimate of drug-likeness (QED) is 0.567. The fraction of sp³-hybridized carbons (Fsp3) is 0.263. The van der Waals surface area contributed by atoms with Gasteiger partial charge in [0.15, 0.2) is 5.78 Å². The lowest BCUT2D eigenvalue weighted by Crippen LogP contribution is -2.50. The van der Waals surface area contributed by atoms with Crippen molar-refractivity contribution in [2.24, 2.45) is 0 Å². The van der Waals surface area contributed by atoms with E-state index >= 15 is 0 Å². The maximum atomic E-state index is 12.8. The van der Waals surface area contributed by atoms with Crippen molar-refractivity contribution >= 4 is 39.1 Å². The first-order chi connectivity index (χ1) is 12.9. The van der Waals surface area contributed by atoms with Crippen LogP contribution in [0.1, 0.15) is 22.8 Å². The Bertz CT molecular complexity index is 957. The van der Waals surface area contributed by atoms with Crippen molar-refractivity contribution in [2.75, 3.05) is 26.2 Å². The second-order valence-corrected chi connectivity index (χ2v) is 8.92. The van der Waals surface area contributed by atoms with E-state index in [1.165, 1.54) is 29.4 Å². The van der Waals surface area contributed by atoms with Gasteiger partial charge < -0.3 is 4.90 Å². The summed E-state index contributed by atoms with van der Waals surface area (Å²) in [5.74, 6) is -0.309. The number of thiophene rings is 1. The Hall–Kier alpha value is -2.29. The lowest BCUT2D eigenvalue weighted by Gasteiger charge is -2.33. The highest BCUT2D eigenvalue weighted by atomic mass is 32.2. The largest absolute Gasteiger partial charge is 0.337 e. The molecule has 0 atom stereocenters. The van der Waals surface area contributed by atoms with Crippen LogP contribution in [0, 0.1) is 0 Å². The van der Waals surface area contributed by atoms with Crippen LogP contribution in [0.3, 0.4) is 0 Å². The molecule has 1 amide bonds. The third-order valence-electron chi connectivity index (χ3n) is 4.39. The number of hydrogen-bond donors (Lipinski definition) is 0. The molecule has 0 unspecified atom stereocenters. The number of rotatable bonds is 5. The molecule has 1 aliphatic rings. The van der Waals surface area contributed by atoms with Crippen LogP contribution >= 0.6 is 11.3 Å². The summed E-state index contributed by atoms with van der Waals surface area (Å²) < 4.78 is 27.0. The monoisotopic (exact) mass is 404 g/mol. The van der Waals surface area contributed by atoms with Gasteiger partial charge in [0, 0.05) is 37.8 Å². The van der Waals surface area contributed by atoms with Gasteiger partial charge in [-0.05, 0) is 47.5 Å². The zero-order valence-electron chi connectivity index (χ0n) is 14.9. The van der Waals surface area contributed by atoms with Gasteiger partial charge in [-0.25, -0.2) is 8.42 Å². The number of hydrogen-bond acceptors (Lipinski definition) is 5. The molecule has 2 aromatic rings. The van der Waals surface area contributed by atoms with Gasteiger partial charge in [-0.15, -0.1) is 0 Å². The van der Waals surface area contributed by atoms with Crippen molar-refractivity contribution in [2.45, 2.75) is 11.8 Å². The van der Waals surface area contributed by atoms with Gasteiger partial charge in [-0.2, -0.15) is 15.6 Å². The number of benzene rings is 1. The van der Waals surface area contributed by atoms with Gasteiger partial charge in [0.2, 0.25) is 15.9 Å². The van der Waals surface area contributed by atoms with Crippen molar-refractivity contribution < 1.29 is 18.0 Å². The summed E-state index contributed by atoms with van der Waals surface area (Å²) in [5.41, 5.74) is 1.34. The smallest absolute Gasteiger partial charge is 0.246 e. The minimum atomic E-state index is -3.69. The van der Waals surface area contributed by atoms with Crippen LogP contribution in [0.25, 0.3) is 6.08 Å². The van der Waals surface area contributed by atoms with Crippen LogP contribution in [0.5, 0.6) is 0 Å². The van der Waals surface area contributed by atoms with E-state index in [1.807, 2.05) is 16.8 Å². The minimum Gasteiger partial charge on any atom is -0.337 e. The number of sulfonamides is 1. The Labute approximate surface area is 162 Å². The predicted molar refractivity (Wildman–Crippen MR) is 105 cm³/mol. The van der Waals surface area contributed by atoms with E-state index in [9.17, 15) is 18.0 Å². The number of nitrogens with zero attached hydrogens (tertiary/aromatic N) is 2. The summed E-state index contributed by atoms with van der Waals surface area (Å²) >= 11 is 1.56. The topological polar surface area (TPSA) is 74.8 Å². The lowest BCUT2D eigenvalue weighted by molar-refractivity contribution is -0.127. The molecular weight excluding hydrogens is 384 g/mol. The molecule has 2 heterocycles. The zero-order valence-corrected chi connectivity index (χ0v) is 16.5. The number of carbonyl (C=O) groups is 2. The first-order valence-electron chi connectivity index (χ1n) is 8.48. The van der Waals surface area contributed by atoms with Crippen molar-refractivity contribution in [3.05, 3.63) is 58.3 Å². The Morgan fingerprint density at radius 3 is 2.48 bits per heavy atom. The SMILES string of the molecule is CC(=O)c1cccc(S(=O)(=O)N2CCN(C(=O)C=Cc3ccsc3)CC2)c1. The second kappa shape index (κ2) is 8.16. The number of carbonyl (C=O) groups excluding carboxylic acids is 2. The van der Waals surface area contributed by atoms with Crippen LogP contribution in [-0.2, 0) is 14.8 Å².